The molecule has 0 unspecified atom stereocenters. The van der Waals surface area contributed by atoms with Gasteiger partial charge in [-0.3, -0.25) is 19.2 Å². The molecule has 0 aromatic heterocycles. The summed E-state index contributed by atoms with van der Waals surface area (Å²) in [6, 6.07) is 17.1. The molecule has 0 atom stereocenters. The molecule has 1 aliphatic carbocycles. The van der Waals surface area contributed by atoms with E-state index in [2.05, 4.69) is 10.6 Å². The molecular formula is C25H18N2O6. The first kappa shape index (κ1) is 21.6. The third-order valence-corrected chi connectivity index (χ3v) is 4.96. The van der Waals surface area contributed by atoms with E-state index in [1.165, 1.54) is 37.3 Å². The first-order chi connectivity index (χ1) is 15.8. The van der Waals surface area contributed by atoms with E-state index in [0.29, 0.717) is 22.5 Å². The smallest absolute Gasteiger partial charge is 0.338 e. The fourth-order valence-electron chi connectivity index (χ4n) is 3.52. The number of hydrogen-bond donors (Lipinski definition) is 2. The van der Waals surface area contributed by atoms with Crippen molar-refractivity contribution in [1.82, 2.24) is 0 Å². The fourth-order valence-corrected chi connectivity index (χ4v) is 3.52. The molecule has 3 aromatic carbocycles. The number of ether oxygens (including phenoxy) is 1. The molecule has 33 heavy (non-hydrogen) atoms. The lowest BCUT2D eigenvalue weighted by molar-refractivity contribution is -0.119. The molecule has 2 amide bonds. The van der Waals surface area contributed by atoms with Crippen LogP contribution in [0.3, 0.4) is 0 Å². The van der Waals surface area contributed by atoms with Crippen LogP contribution in [0.4, 0.5) is 11.4 Å². The van der Waals surface area contributed by atoms with Crippen LogP contribution in [-0.4, -0.2) is 36.0 Å². The molecule has 0 aliphatic heterocycles. The standard InChI is InChI=1S/C25H18N2O6/c1-14(28)26-16-6-4-5-15(11-16)25(32)33-13-22(29)27-17-9-10-20-21(12-17)24(31)19-8-3-2-7-18(19)23(20)30/h2-12H,13H2,1H3,(H,26,28)(H,27,29). The van der Waals surface area contributed by atoms with Gasteiger partial charge in [-0.25, -0.2) is 4.79 Å². The molecule has 0 heterocycles. The molecule has 2 N–H and O–H groups in total. The molecule has 0 bridgehead atoms. The minimum absolute atomic E-state index is 0.172. The van der Waals surface area contributed by atoms with E-state index in [4.69, 9.17) is 4.74 Å². The van der Waals surface area contributed by atoms with Crippen molar-refractivity contribution in [3.05, 3.63) is 94.5 Å². The normalized spacial score (nSPS) is 11.8. The van der Waals surface area contributed by atoms with Gasteiger partial charge in [-0.15, -0.1) is 0 Å². The quantitative estimate of drug-likeness (QED) is 0.458. The van der Waals surface area contributed by atoms with Crippen LogP contribution in [0, 0.1) is 0 Å². The van der Waals surface area contributed by atoms with Crippen molar-refractivity contribution in [2.75, 3.05) is 17.2 Å². The Morgan fingerprint density at radius 2 is 1.36 bits per heavy atom. The van der Waals surface area contributed by atoms with Crippen molar-refractivity contribution in [3.63, 3.8) is 0 Å². The van der Waals surface area contributed by atoms with Crippen molar-refractivity contribution in [1.29, 1.82) is 0 Å². The minimum atomic E-state index is -0.736. The van der Waals surface area contributed by atoms with Crippen LogP contribution < -0.4 is 10.6 Å². The zero-order valence-corrected chi connectivity index (χ0v) is 17.5. The van der Waals surface area contributed by atoms with Gasteiger partial charge in [0.15, 0.2) is 18.2 Å². The Labute approximate surface area is 188 Å². The lowest BCUT2D eigenvalue weighted by Crippen LogP contribution is -2.23. The molecule has 3 aromatic rings. The summed E-state index contributed by atoms with van der Waals surface area (Å²) in [6.07, 6.45) is 0. The Kier molecular flexibility index (Phi) is 5.82. The average Bonchev–Trinajstić information content (AvgIpc) is 2.80. The number of carbonyl (C=O) groups is 5. The first-order valence-electron chi connectivity index (χ1n) is 10.0. The monoisotopic (exact) mass is 442 g/mol. The van der Waals surface area contributed by atoms with Gasteiger partial charge in [0.1, 0.15) is 0 Å². The van der Waals surface area contributed by atoms with Gasteiger partial charge in [-0.2, -0.15) is 0 Å². The fraction of sp³-hybridized carbons (Fsp3) is 0.0800. The minimum Gasteiger partial charge on any atom is -0.452 e. The van der Waals surface area contributed by atoms with Gasteiger partial charge >= 0.3 is 5.97 Å². The molecule has 4 rings (SSSR count). The summed E-state index contributed by atoms with van der Waals surface area (Å²) in [6.45, 7) is 0.786. The third kappa shape index (κ3) is 4.54. The van der Waals surface area contributed by atoms with Gasteiger partial charge in [0.05, 0.1) is 5.56 Å². The van der Waals surface area contributed by atoms with Crippen LogP contribution in [0.15, 0.2) is 66.7 Å². The van der Waals surface area contributed by atoms with E-state index >= 15 is 0 Å². The highest BCUT2D eigenvalue weighted by Gasteiger charge is 2.29. The molecule has 0 saturated heterocycles. The van der Waals surface area contributed by atoms with Crippen LogP contribution in [0.1, 0.15) is 49.1 Å². The van der Waals surface area contributed by atoms with Gasteiger partial charge in [0, 0.05) is 40.6 Å². The van der Waals surface area contributed by atoms with E-state index in [0.717, 1.165) is 0 Å². The Morgan fingerprint density at radius 3 is 2.06 bits per heavy atom. The molecule has 0 spiro atoms. The van der Waals surface area contributed by atoms with Gasteiger partial charge in [0.25, 0.3) is 5.91 Å². The largest absolute Gasteiger partial charge is 0.452 e. The summed E-state index contributed by atoms with van der Waals surface area (Å²) in [5.74, 6) is -2.19. The average molecular weight is 442 g/mol. The lowest BCUT2D eigenvalue weighted by Gasteiger charge is -2.18. The zero-order valence-electron chi connectivity index (χ0n) is 17.5. The van der Waals surface area contributed by atoms with Gasteiger partial charge < -0.3 is 15.4 Å². The van der Waals surface area contributed by atoms with Gasteiger partial charge in [-0.05, 0) is 36.4 Å². The van der Waals surface area contributed by atoms with Gasteiger partial charge in [-0.1, -0.05) is 30.3 Å². The molecule has 0 fully saturated rings. The number of amides is 2. The second-order valence-electron chi connectivity index (χ2n) is 7.35. The Hall–Kier alpha value is -4.59. The Balaban J connectivity index is 1.42. The maximum atomic E-state index is 12.8. The zero-order chi connectivity index (χ0) is 23.5. The first-order valence-corrected chi connectivity index (χ1v) is 10.0. The molecule has 8 heteroatoms. The van der Waals surface area contributed by atoms with E-state index < -0.39 is 18.5 Å². The van der Waals surface area contributed by atoms with Crippen molar-refractivity contribution in [3.8, 4) is 0 Å². The highest BCUT2D eigenvalue weighted by Crippen LogP contribution is 2.29. The molecule has 8 nitrogen and oxygen atoms in total. The SMILES string of the molecule is CC(=O)Nc1cccc(C(=O)OCC(=O)Nc2ccc3c(c2)C(=O)c2ccccc2C3=O)c1. The van der Waals surface area contributed by atoms with Crippen LogP contribution in [0.2, 0.25) is 0 Å². The van der Waals surface area contributed by atoms with Crippen molar-refractivity contribution in [2.45, 2.75) is 6.92 Å². The summed E-state index contributed by atoms with van der Waals surface area (Å²) < 4.78 is 5.03. The number of fused-ring (bicyclic) bond motifs is 2. The van der Waals surface area contributed by atoms with Gasteiger partial charge in [0.2, 0.25) is 5.91 Å². The molecule has 1 aliphatic rings. The van der Waals surface area contributed by atoms with Crippen molar-refractivity contribution >= 4 is 40.7 Å². The highest BCUT2D eigenvalue weighted by atomic mass is 16.5. The number of benzene rings is 3. The van der Waals surface area contributed by atoms with E-state index in [1.54, 1.807) is 36.4 Å². The van der Waals surface area contributed by atoms with E-state index in [9.17, 15) is 24.0 Å². The Morgan fingerprint density at radius 1 is 0.727 bits per heavy atom. The number of rotatable bonds is 5. The summed E-state index contributed by atoms with van der Waals surface area (Å²) in [4.78, 5) is 61.1. The van der Waals surface area contributed by atoms with Crippen LogP contribution in [0.25, 0.3) is 0 Å². The highest BCUT2D eigenvalue weighted by molar-refractivity contribution is 6.28. The number of hydrogen-bond acceptors (Lipinski definition) is 6. The maximum absolute atomic E-state index is 12.8. The maximum Gasteiger partial charge on any atom is 0.338 e. The summed E-state index contributed by atoms with van der Waals surface area (Å²) in [7, 11) is 0. The van der Waals surface area contributed by atoms with E-state index in [-0.39, 0.29) is 34.2 Å². The number of esters is 1. The van der Waals surface area contributed by atoms with Crippen molar-refractivity contribution < 1.29 is 28.7 Å². The van der Waals surface area contributed by atoms with Crippen LogP contribution in [0.5, 0.6) is 0 Å². The summed E-state index contributed by atoms with van der Waals surface area (Å²) in [5.41, 5.74) is 2.02. The summed E-state index contributed by atoms with van der Waals surface area (Å²) in [5, 5.41) is 5.12. The predicted molar refractivity (Wildman–Crippen MR) is 119 cm³/mol. The third-order valence-electron chi connectivity index (χ3n) is 4.96. The predicted octanol–water partition coefficient (Wildman–Crippen LogP) is 3.22. The molecule has 0 saturated carbocycles. The van der Waals surface area contributed by atoms with E-state index in [1.807, 2.05) is 0 Å². The van der Waals surface area contributed by atoms with Crippen LogP contribution >= 0.6 is 0 Å². The van der Waals surface area contributed by atoms with Crippen LogP contribution in [-0.2, 0) is 14.3 Å². The summed E-state index contributed by atoms with van der Waals surface area (Å²) >= 11 is 0. The topological polar surface area (TPSA) is 119 Å². The molecule has 164 valence electrons. The second kappa shape index (κ2) is 8.88. The molecular weight excluding hydrogens is 424 g/mol. The number of ketones is 2. The Bertz CT molecular complexity index is 1330. The second-order valence-corrected chi connectivity index (χ2v) is 7.35. The number of nitrogens with one attached hydrogen (secondary N) is 2. The number of anilines is 2. The van der Waals surface area contributed by atoms with Crippen molar-refractivity contribution in [2.24, 2.45) is 0 Å². The molecule has 0 radical (unpaired) electrons. The lowest BCUT2D eigenvalue weighted by atomic mass is 9.84. The number of carbonyl (C=O) groups excluding carboxylic acids is 5.